The molecule has 0 heterocycles. The van der Waals surface area contributed by atoms with Crippen molar-refractivity contribution in [2.45, 2.75) is 39.0 Å². The van der Waals surface area contributed by atoms with E-state index in [4.69, 9.17) is 4.74 Å². The Bertz CT molecular complexity index is 192. The molecule has 1 saturated carbocycles. The minimum atomic E-state index is -0.149. The molecular weight excluding hydrogens is 164 g/mol. The van der Waals surface area contributed by atoms with Gasteiger partial charge in [-0.05, 0) is 32.6 Å². The van der Waals surface area contributed by atoms with E-state index >= 15 is 0 Å². The summed E-state index contributed by atoms with van der Waals surface area (Å²) in [6.45, 7) is 6.03. The van der Waals surface area contributed by atoms with Crippen LogP contribution in [-0.2, 0) is 9.53 Å². The van der Waals surface area contributed by atoms with Gasteiger partial charge in [-0.25, -0.2) is 0 Å². The number of ether oxygens (including phenoxy) is 1. The molecule has 1 aliphatic rings. The zero-order chi connectivity index (χ0) is 9.73. The Hall–Kier alpha value is -0.790. The molecule has 0 amide bonds. The molecule has 0 bridgehead atoms. The first-order valence-electron chi connectivity index (χ1n) is 5.03. The number of hydrogen-bond acceptors (Lipinski definition) is 2. The first-order valence-corrected chi connectivity index (χ1v) is 5.03. The first kappa shape index (κ1) is 10.3. The van der Waals surface area contributed by atoms with Crippen molar-refractivity contribution in [3.05, 3.63) is 12.7 Å². The number of rotatable bonds is 5. The highest BCUT2D eigenvalue weighted by atomic mass is 16.5. The third-order valence-electron chi connectivity index (χ3n) is 2.85. The molecule has 0 saturated heterocycles. The van der Waals surface area contributed by atoms with Crippen molar-refractivity contribution in [1.82, 2.24) is 0 Å². The maximum Gasteiger partial charge on any atom is 0.312 e. The molecule has 0 unspecified atom stereocenters. The highest BCUT2D eigenvalue weighted by molar-refractivity contribution is 5.77. The highest BCUT2D eigenvalue weighted by Gasteiger charge is 2.44. The van der Waals surface area contributed by atoms with E-state index in [-0.39, 0.29) is 11.4 Å². The Kier molecular flexibility index (Phi) is 3.52. The minimum Gasteiger partial charge on any atom is -0.466 e. The average molecular weight is 182 g/mol. The summed E-state index contributed by atoms with van der Waals surface area (Å²) in [7, 11) is 0. The zero-order valence-corrected chi connectivity index (χ0v) is 8.34. The molecule has 0 aromatic carbocycles. The van der Waals surface area contributed by atoms with Gasteiger partial charge in [-0.1, -0.05) is 12.5 Å². The van der Waals surface area contributed by atoms with Crippen LogP contribution in [0.4, 0.5) is 0 Å². The lowest BCUT2D eigenvalue weighted by molar-refractivity contribution is -0.161. The largest absolute Gasteiger partial charge is 0.466 e. The monoisotopic (exact) mass is 182 g/mol. The van der Waals surface area contributed by atoms with Gasteiger partial charge in [0.15, 0.2) is 0 Å². The Balaban J connectivity index is 2.47. The van der Waals surface area contributed by atoms with E-state index in [2.05, 4.69) is 6.58 Å². The summed E-state index contributed by atoms with van der Waals surface area (Å²) in [5, 5.41) is 0. The van der Waals surface area contributed by atoms with E-state index in [1.54, 1.807) is 0 Å². The summed E-state index contributed by atoms with van der Waals surface area (Å²) >= 11 is 0. The van der Waals surface area contributed by atoms with Crippen molar-refractivity contribution in [1.29, 1.82) is 0 Å². The predicted octanol–water partition coefficient (Wildman–Crippen LogP) is 2.69. The molecule has 0 aromatic heterocycles. The molecule has 2 heteroatoms. The van der Waals surface area contributed by atoms with Crippen molar-refractivity contribution in [2.75, 3.05) is 6.61 Å². The van der Waals surface area contributed by atoms with Gasteiger partial charge < -0.3 is 4.74 Å². The van der Waals surface area contributed by atoms with E-state index in [1.165, 1.54) is 0 Å². The van der Waals surface area contributed by atoms with Crippen LogP contribution in [0.2, 0.25) is 0 Å². The van der Waals surface area contributed by atoms with E-state index in [0.717, 1.165) is 32.1 Å². The lowest BCUT2D eigenvalue weighted by Crippen LogP contribution is -2.39. The summed E-state index contributed by atoms with van der Waals surface area (Å²) < 4.78 is 5.07. The van der Waals surface area contributed by atoms with Gasteiger partial charge in [0, 0.05) is 0 Å². The van der Waals surface area contributed by atoms with Gasteiger partial charge in [0.05, 0.1) is 12.0 Å². The molecule has 2 nitrogen and oxygen atoms in total. The minimum absolute atomic E-state index is 0.00287. The van der Waals surface area contributed by atoms with Crippen LogP contribution in [0.3, 0.4) is 0 Å². The van der Waals surface area contributed by atoms with Crippen LogP contribution in [0.15, 0.2) is 12.7 Å². The molecule has 0 aliphatic heterocycles. The van der Waals surface area contributed by atoms with E-state index in [9.17, 15) is 4.79 Å². The Morgan fingerprint density at radius 3 is 2.69 bits per heavy atom. The van der Waals surface area contributed by atoms with Gasteiger partial charge >= 0.3 is 5.97 Å². The van der Waals surface area contributed by atoms with Gasteiger partial charge in [-0.3, -0.25) is 4.79 Å². The SMILES string of the molecule is C=CCCC1(C(=O)OCC)CCC1. The molecule has 1 rings (SSSR count). The van der Waals surface area contributed by atoms with Crippen LogP contribution in [0.1, 0.15) is 39.0 Å². The maximum absolute atomic E-state index is 11.6. The number of hydrogen-bond donors (Lipinski definition) is 0. The Morgan fingerprint density at radius 2 is 2.31 bits per heavy atom. The molecule has 0 atom stereocenters. The molecule has 0 spiro atoms. The lowest BCUT2D eigenvalue weighted by Gasteiger charge is -2.39. The van der Waals surface area contributed by atoms with Crippen LogP contribution < -0.4 is 0 Å². The van der Waals surface area contributed by atoms with Gasteiger partial charge in [0.2, 0.25) is 0 Å². The smallest absolute Gasteiger partial charge is 0.312 e. The normalized spacial score (nSPS) is 18.8. The van der Waals surface area contributed by atoms with E-state index in [1.807, 2.05) is 13.0 Å². The quantitative estimate of drug-likeness (QED) is 0.482. The summed E-state index contributed by atoms with van der Waals surface area (Å²) in [6, 6.07) is 0. The van der Waals surface area contributed by atoms with Crippen molar-refractivity contribution in [3.63, 3.8) is 0 Å². The molecule has 0 N–H and O–H groups in total. The topological polar surface area (TPSA) is 26.3 Å². The Labute approximate surface area is 80.0 Å². The second kappa shape index (κ2) is 4.45. The van der Waals surface area contributed by atoms with Gasteiger partial charge in [0.25, 0.3) is 0 Å². The van der Waals surface area contributed by atoms with Crippen LogP contribution in [-0.4, -0.2) is 12.6 Å². The fourth-order valence-electron chi connectivity index (χ4n) is 1.82. The summed E-state index contributed by atoms with van der Waals surface area (Å²) in [5.41, 5.74) is -0.149. The van der Waals surface area contributed by atoms with Crippen LogP contribution in [0.5, 0.6) is 0 Å². The predicted molar refractivity (Wildman–Crippen MR) is 52.3 cm³/mol. The summed E-state index contributed by atoms with van der Waals surface area (Å²) in [4.78, 5) is 11.6. The van der Waals surface area contributed by atoms with Crippen molar-refractivity contribution < 1.29 is 9.53 Å². The fourth-order valence-corrected chi connectivity index (χ4v) is 1.82. The molecule has 0 radical (unpaired) electrons. The Morgan fingerprint density at radius 1 is 1.62 bits per heavy atom. The molecule has 1 fully saturated rings. The van der Waals surface area contributed by atoms with Gasteiger partial charge in [-0.2, -0.15) is 0 Å². The van der Waals surface area contributed by atoms with Gasteiger partial charge in [0.1, 0.15) is 0 Å². The third kappa shape index (κ3) is 2.11. The van der Waals surface area contributed by atoms with Crippen LogP contribution >= 0.6 is 0 Å². The summed E-state index contributed by atoms with van der Waals surface area (Å²) in [5.74, 6) is 0.00287. The first-order chi connectivity index (χ1) is 6.25. The van der Waals surface area contributed by atoms with Gasteiger partial charge in [-0.15, -0.1) is 6.58 Å². The van der Waals surface area contributed by atoms with Crippen molar-refractivity contribution in [3.8, 4) is 0 Å². The molecule has 13 heavy (non-hydrogen) atoms. The molecule has 74 valence electrons. The zero-order valence-electron chi connectivity index (χ0n) is 8.34. The lowest BCUT2D eigenvalue weighted by atomic mass is 9.66. The summed E-state index contributed by atoms with van der Waals surface area (Å²) in [6.07, 6.45) is 6.86. The maximum atomic E-state index is 11.6. The van der Waals surface area contributed by atoms with Crippen LogP contribution in [0.25, 0.3) is 0 Å². The van der Waals surface area contributed by atoms with E-state index < -0.39 is 0 Å². The number of esters is 1. The van der Waals surface area contributed by atoms with Crippen molar-refractivity contribution in [2.24, 2.45) is 5.41 Å². The highest BCUT2D eigenvalue weighted by Crippen LogP contribution is 2.45. The van der Waals surface area contributed by atoms with Crippen LogP contribution in [0, 0.1) is 5.41 Å². The molecule has 0 aromatic rings. The molecular formula is C11H18O2. The number of carbonyl (C=O) groups excluding carboxylic acids is 1. The molecule has 1 aliphatic carbocycles. The van der Waals surface area contributed by atoms with Crippen molar-refractivity contribution >= 4 is 5.97 Å². The third-order valence-corrected chi connectivity index (χ3v) is 2.85. The average Bonchev–Trinajstić information content (AvgIpc) is 2.03. The second-order valence-electron chi connectivity index (χ2n) is 3.68. The number of allylic oxidation sites excluding steroid dienone is 1. The second-order valence-corrected chi connectivity index (χ2v) is 3.68. The fraction of sp³-hybridized carbons (Fsp3) is 0.727. The standard InChI is InChI=1S/C11H18O2/c1-3-5-7-11(8-6-9-11)10(12)13-4-2/h3H,1,4-9H2,2H3. The number of carbonyl (C=O) groups is 1. The van der Waals surface area contributed by atoms with E-state index in [0.29, 0.717) is 6.61 Å².